The third-order valence-electron chi connectivity index (χ3n) is 2.65. The highest BCUT2D eigenvalue weighted by Crippen LogP contribution is 2.24. The van der Waals surface area contributed by atoms with Crippen LogP contribution in [0.4, 0.5) is 0 Å². The lowest BCUT2D eigenvalue weighted by atomic mass is 10.1. The summed E-state index contributed by atoms with van der Waals surface area (Å²) in [5.41, 5.74) is 0.774. The standard InChI is InChI=1S/C10H14N2O2/c13-10(8-3-1-2-4-8)11-5-9-6-14-7-12-9/h6-8H,1-5H2,(H,11,13). The molecule has 1 aliphatic rings. The van der Waals surface area contributed by atoms with E-state index in [1.165, 1.54) is 19.2 Å². The summed E-state index contributed by atoms with van der Waals surface area (Å²) in [6, 6.07) is 0. The van der Waals surface area contributed by atoms with E-state index in [1.54, 1.807) is 6.26 Å². The van der Waals surface area contributed by atoms with E-state index in [0.717, 1.165) is 18.5 Å². The zero-order valence-corrected chi connectivity index (χ0v) is 8.03. The van der Waals surface area contributed by atoms with E-state index in [0.29, 0.717) is 6.54 Å². The summed E-state index contributed by atoms with van der Waals surface area (Å²) >= 11 is 0. The van der Waals surface area contributed by atoms with Gasteiger partial charge in [0.25, 0.3) is 0 Å². The van der Waals surface area contributed by atoms with Crippen molar-refractivity contribution < 1.29 is 9.21 Å². The van der Waals surface area contributed by atoms with Crippen molar-refractivity contribution in [2.24, 2.45) is 5.92 Å². The minimum absolute atomic E-state index is 0.158. The fraction of sp³-hybridized carbons (Fsp3) is 0.600. The second kappa shape index (κ2) is 4.26. The molecule has 0 spiro atoms. The molecule has 2 rings (SSSR count). The fourth-order valence-electron chi connectivity index (χ4n) is 1.83. The molecule has 1 N–H and O–H groups in total. The van der Waals surface area contributed by atoms with E-state index < -0.39 is 0 Å². The molecule has 1 aromatic rings. The molecule has 0 saturated heterocycles. The van der Waals surface area contributed by atoms with Crippen LogP contribution in [0.15, 0.2) is 17.1 Å². The Morgan fingerprint density at radius 3 is 3.00 bits per heavy atom. The zero-order chi connectivity index (χ0) is 9.80. The van der Waals surface area contributed by atoms with Gasteiger partial charge in [0.2, 0.25) is 5.91 Å². The van der Waals surface area contributed by atoms with Crippen molar-refractivity contribution in [3.05, 3.63) is 18.4 Å². The molecule has 0 radical (unpaired) electrons. The summed E-state index contributed by atoms with van der Waals surface area (Å²) in [5.74, 6) is 0.382. The van der Waals surface area contributed by atoms with Crippen molar-refractivity contribution in [3.63, 3.8) is 0 Å². The fourth-order valence-corrected chi connectivity index (χ4v) is 1.83. The Balaban J connectivity index is 1.77. The lowest BCUT2D eigenvalue weighted by molar-refractivity contribution is -0.124. The van der Waals surface area contributed by atoms with Gasteiger partial charge in [-0.1, -0.05) is 12.8 Å². The molecule has 0 aliphatic heterocycles. The van der Waals surface area contributed by atoms with Gasteiger partial charge >= 0.3 is 0 Å². The number of nitrogens with zero attached hydrogens (tertiary/aromatic N) is 1. The van der Waals surface area contributed by atoms with Crippen LogP contribution in [0.25, 0.3) is 0 Å². The van der Waals surface area contributed by atoms with Crippen molar-refractivity contribution in [2.75, 3.05) is 0 Å². The zero-order valence-electron chi connectivity index (χ0n) is 8.03. The highest BCUT2D eigenvalue weighted by molar-refractivity contribution is 5.78. The summed E-state index contributed by atoms with van der Waals surface area (Å²) in [6.45, 7) is 0.478. The molecule has 0 bridgehead atoms. The molecule has 0 unspecified atom stereocenters. The summed E-state index contributed by atoms with van der Waals surface area (Å²) in [5, 5.41) is 2.87. The Hall–Kier alpha value is -1.32. The first-order chi connectivity index (χ1) is 6.86. The average molecular weight is 194 g/mol. The normalized spacial score (nSPS) is 17.1. The van der Waals surface area contributed by atoms with Gasteiger partial charge in [-0.2, -0.15) is 0 Å². The quantitative estimate of drug-likeness (QED) is 0.793. The number of amides is 1. The van der Waals surface area contributed by atoms with E-state index in [1.807, 2.05) is 0 Å². The predicted molar refractivity (Wildman–Crippen MR) is 50.3 cm³/mol. The SMILES string of the molecule is O=C(NCc1cocn1)C1CCCC1. The number of aromatic nitrogens is 1. The first-order valence-electron chi connectivity index (χ1n) is 5.01. The summed E-state index contributed by atoms with van der Waals surface area (Å²) in [4.78, 5) is 15.5. The van der Waals surface area contributed by atoms with E-state index in [2.05, 4.69) is 10.3 Å². The molecular formula is C10H14N2O2. The monoisotopic (exact) mass is 194 g/mol. The lowest BCUT2D eigenvalue weighted by Gasteiger charge is -2.08. The summed E-state index contributed by atoms with van der Waals surface area (Å²) in [7, 11) is 0. The molecule has 14 heavy (non-hydrogen) atoms. The maximum Gasteiger partial charge on any atom is 0.223 e. The Bertz CT molecular complexity index is 289. The van der Waals surface area contributed by atoms with Crippen molar-refractivity contribution in [1.29, 1.82) is 0 Å². The van der Waals surface area contributed by atoms with E-state index in [9.17, 15) is 4.79 Å². The number of oxazole rings is 1. The minimum atomic E-state index is 0.158. The van der Waals surface area contributed by atoms with Crippen molar-refractivity contribution in [2.45, 2.75) is 32.2 Å². The second-order valence-corrected chi connectivity index (χ2v) is 3.68. The molecule has 1 aliphatic carbocycles. The third kappa shape index (κ3) is 2.13. The number of hydrogen-bond acceptors (Lipinski definition) is 3. The van der Waals surface area contributed by atoms with Gasteiger partial charge in [0.05, 0.1) is 12.2 Å². The number of carbonyl (C=O) groups is 1. The molecule has 1 aromatic heterocycles. The van der Waals surface area contributed by atoms with Crippen LogP contribution in [0.5, 0.6) is 0 Å². The highest BCUT2D eigenvalue weighted by Gasteiger charge is 2.22. The minimum Gasteiger partial charge on any atom is -0.451 e. The number of carbonyl (C=O) groups excluding carboxylic acids is 1. The topological polar surface area (TPSA) is 55.1 Å². The van der Waals surface area contributed by atoms with Crippen LogP contribution < -0.4 is 5.32 Å². The van der Waals surface area contributed by atoms with Gasteiger partial charge < -0.3 is 9.73 Å². The summed E-state index contributed by atoms with van der Waals surface area (Å²) in [6.07, 6.45) is 7.35. The Labute approximate surface area is 82.7 Å². The maximum absolute atomic E-state index is 11.6. The van der Waals surface area contributed by atoms with E-state index in [-0.39, 0.29) is 11.8 Å². The third-order valence-corrected chi connectivity index (χ3v) is 2.65. The van der Waals surface area contributed by atoms with Crippen LogP contribution in [0.3, 0.4) is 0 Å². The van der Waals surface area contributed by atoms with Crippen LogP contribution >= 0.6 is 0 Å². The van der Waals surface area contributed by atoms with Crippen LogP contribution in [-0.2, 0) is 11.3 Å². The Morgan fingerprint density at radius 2 is 2.36 bits per heavy atom. The number of hydrogen-bond donors (Lipinski definition) is 1. The Kier molecular flexibility index (Phi) is 2.81. The largest absolute Gasteiger partial charge is 0.451 e. The molecule has 1 amide bonds. The number of rotatable bonds is 3. The van der Waals surface area contributed by atoms with Crippen molar-refractivity contribution >= 4 is 5.91 Å². The molecule has 4 nitrogen and oxygen atoms in total. The van der Waals surface area contributed by atoms with E-state index in [4.69, 9.17) is 4.42 Å². The number of nitrogens with one attached hydrogen (secondary N) is 1. The van der Waals surface area contributed by atoms with Gasteiger partial charge in [0, 0.05) is 5.92 Å². The second-order valence-electron chi connectivity index (χ2n) is 3.68. The van der Waals surface area contributed by atoms with Crippen LogP contribution in [0.1, 0.15) is 31.4 Å². The average Bonchev–Trinajstić information content (AvgIpc) is 2.87. The Morgan fingerprint density at radius 1 is 1.57 bits per heavy atom. The first kappa shape index (κ1) is 9.24. The summed E-state index contributed by atoms with van der Waals surface area (Å²) < 4.78 is 4.81. The van der Waals surface area contributed by atoms with Crippen LogP contribution in [0, 0.1) is 5.92 Å². The van der Waals surface area contributed by atoms with Crippen molar-refractivity contribution in [1.82, 2.24) is 10.3 Å². The molecular weight excluding hydrogens is 180 g/mol. The van der Waals surface area contributed by atoms with Gasteiger partial charge in [0.1, 0.15) is 6.26 Å². The molecule has 1 fully saturated rings. The van der Waals surface area contributed by atoms with Gasteiger partial charge in [0.15, 0.2) is 6.39 Å². The van der Waals surface area contributed by atoms with Gasteiger partial charge in [-0.15, -0.1) is 0 Å². The van der Waals surface area contributed by atoms with Crippen molar-refractivity contribution in [3.8, 4) is 0 Å². The lowest BCUT2D eigenvalue weighted by Crippen LogP contribution is -2.28. The van der Waals surface area contributed by atoms with E-state index >= 15 is 0 Å². The van der Waals surface area contributed by atoms with Gasteiger partial charge in [-0.25, -0.2) is 4.98 Å². The molecule has 76 valence electrons. The highest BCUT2D eigenvalue weighted by atomic mass is 16.3. The molecule has 4 heteroatoms. The van der Waals surface area contributed by atoms with Crippen LogP contribution in [-0.4, -0.2) is 10.9 Å². The smallest absolute Gasteiger partial charge is 0.223 e. The van der Waals surface area contributed by atoms with Crippen LogP contribution in [0.2, 0.25) is 0 Å². The predicted octanol–water partition coefficient (Wildman–Crippen LogP) is 1.48. The molecule has 1 heterocycles. The van der Waals surface area contributed by atoms with Gasteiger partial charge in [-0.3, -0.25) is 4.79 Å². The molecule has 1 saturated carbocycles. The maximum atomic E-state index is 11.6. The molecule has 0 aromatic carbocycles. The molecule has 0 atom stereocenters. The van der Waals surface area contributed by atoms with Gasteiger partial charge in [-0.05, 0) is 12.8 Å². The first-order valence-corrected chi connectivity index (χ1v) is 5.01.